The van der Waals surface area contributed by atoms with Crippen LogP contribution in [0.3, 0.4) is 0 Å². The van der Waals surface area contributed by atoms with Crippen molar-refractivity contribution in [2.24, 2.45) is 11.8 Å². The summed E-state index contributed by atoms with van der Waals surface area (Å²) >= 11 is -0.929. The third-order valence-corrected chi connectivity index (χ3v) is 2.93. The Morgan fingerprint density at radius 2 is 2.38 bits per heavy atom. The van der Waals surface area contributed by atoms with Gasteiger partial charge in [-0.05, 0) is 18.3 Å². The maximum absolute atomic E-state index is 10.6. The summed E-state index contributed by atoms with van der Waals surface area (Å²) in [4.78, 5) is 0. The van der Waals surface area contributed by atoms with Gasteiger partial charge >= 0.3 is 0 Å². The monoisotopic (exact) mass is 132 g/mol. The normalized spacial score (nSPS) is 52.8. The van der Waals surface area contributed by atoms with Crippen molar-refractivity contribution < 1.29 is 8.39 Å². The van der Waals surface area contributed by atoms with Crippen LogP contribution in [0.25, 0.3) is 0 Å². The molecule has 0 radical (unpaired) electrons. The van der Waals surface area contributed by atoms with E-state index in [1.165, 1.54) is 6.42 Å². The molecule has 0 bridgehead atoms. The van der Waals surface area contributed by atoms with E-state index in [1.54, 1.807) is 0 Å². The second-order valence-corrected chi connectivity index (χ2v) is 3.69. The van der Waals surface area contributed by atoms with Crippen molar-refractivity contribution in [3.8, 4) is 0 Å². The van der Waals surface area contributed by atoms with Gasteiger partial charge in [-0.3, -0.25) is 4.18 Å². The molecule has 3 unspecified atom stereocenters. The van der Waals surface area contributed by atoms with Crippen molar-refractivity contribution in [2.75, 3.05) is 12.4 Å². The lowest BCUT2D eigenvalue weighted by atomic mass is 10.4. The van der Waals surface area contributed by atoms with Crippen LogP contribution < -0.4 is 0 Å². The van der Waals surface area contributed by atoms with E-state index < -0.39 is 11.1 Å². The van der Waals surface area contributed by atoms with Gasteiger partial charge in [0.2, 0.25) is 0 Å². The quantitative estimate of drug-likeness (QED) is 0.474. The lowest BCUT2D eigenvalue weighted by molar-refractivity contribution is 0.305. The summed E-state index contributed by atoms with van der Waals surface area (Å²) in [5, 5.41) is 0. The third kappa shape index (κ3) is 0.699. The summed E-state index contributed by atoms with van der Waals surface area (Å²) in [7, 11) is 0. The zero-order valence-corrected chi connectivity index (χ0v) is 5.32. The topological polar surface area (TPSA) is 26.3 Å². The minimum Gasteiger partial charge on any atom is -0.290 e. The summed E-state index contributed by atoms with van der Waals surface area (Å²) in [6.45, 7) is 0.747. The first kappa shape index (κ1) is 4.94. The standard InChI is InChI=1S/C5H8O2S/c6-8-3-5-1-4(5)2-7-8/h4-5H,1-3H2. The first-order valence-corrected chi connectivity index (χ1v) is 4.12. The third-order valence-electron chi connectivity index (χ3n) is 1.83. The molecular weight excluding hydrogens is 124 g/mol. The van der Waals surface area contributed by atoms with Crippen LogP contribution in [0.1, 0.15) is 6.42 Å². The zero-order valence-electron chi connectivity index (χ0n) is 4.50. The Balaban J connectivity index is 2.02. The highest BCUT2D eigenvalue weighted by atomic mass is 32.2. The molecule has 8 heavy (non-hydrogen) atoms. The van der Waals surface area contributed by atoms with Gasteiger partial charge in [0.15, 0.2) is 11.1 Å². The lowest BCUT2D eigenvalue weighted by Gasteiger charge is -2.06. The largest absolute Gasteiger partial charge is 0.290 e. The Hall–Kier alpha value is 0.110. The molecule has 1 saturated heterocycles. The summed E-state index contributed by atoms with van der Waals surface area (Å²) in [6, 6.07) is 0. The van der Waals surface area contributed by atoms with Crippen molar-refractivity contribution in [3.63, 3.8) is 0 Å². The van der Waals surface area contributed by atoms with Crippen molar-refractivity contribution in [3.05, 3.63) is 0 Å². The highest BCUT2D eigenvalue weighted by Crippen LogP contribution is 2.42. The molecule has 0 spiro atoms. The predicted octanol–water partition coefficient (Wildman–Crippen LogP) is 0.316. The van der Waals surface area contributed by atoms with Crippen molar-refractivity contribution in [2.45, 2.75) is 6.42 Å². The molecule has 2 fully saturated rings. The van der Waals surface area contributed by atoms with Gasteiger partial charge < -0.3 is 0 Å². The second-order valence-electron chi connectivity index (χ2n) is 2.51. The molecule has 1 saturated carbocycles. The average molecular weight is 132 g/mol. The van der Waals surface area contributed by atoms with Gasteiger partial charge in [-0.2, -0.15) is 0 Å². The van der Waals surface area contributed by atoms with Gasteiger partial charge in [0, 0.05) is 0 Å². The van der Waals surface area contributed by atoms with Crippen LogP contribution in [0.4, 0.5) is 0 Å². The minimum atomic E-state index is -0.929. The molecule has 2 nitrogen and oxygen atoms in total. The molecule has 3 heteroatoms. The molecule has 46 valence electrons. The predicted molar refractivity (Wildman–Crippen MR) is 30.6 cm³/mol. The molecule has 1 aliphatic heterocycles. The van der Waals surface area contributed by atoms with Gasteiger partial charge in [-0.1, -0.05) is 0 Å². The molecule has 0 amide bonds. The van der Waals surface area contributed by atoms with Gasteiger partial charge in [0.05, 0.1) is 12.4 Å². The molecule has 2 aliphatic rings. The number of fused-ring (bicyclic) bond motifs is 1. The number of rotatable bonds is 0. The van der Waals surface area contributed by atoms with E-state index in [-0.39, 0.29) is 0 Å². The van der Waals surface area contributed by atoms with Crippen molar-refractivity contribution >= 4 is 11.1 Å². The minimum absolute atomic E-state index is 0.747. The van der Waals surface area contributed by atoms with E-state index in [2.05, 4.69) is 0 Å². The van der Waals surface area contributed by atoms with Crippen LogP contribution in [0.2, 0.25) is 0 Å². The summed E-state index contributed by atoms with van der Waals surface area (Å²) in [6.07, 6.45) is 1.26. The van der Waals surface area contributed by atoms with Crippen molar-refractivity contribution in [1.29, 1.82) is 0 Å². The van der Waals surface area contributed by atoms with E-state index in [1.807, 2.05) is 0 Å². The number of hydrogen-bond acceptors (Lipinski definition) is 2. The van der Waals surface area contributed by atoms with E-state index >= 15 is 0 Å². The summed E-state index contributed by atoms with van der Waals surface area (Å²) < 4.78 is 15.5. The Labute approximate surface area is 50.9 Å². The first-order chi connectivity index (χ1) is 3.86. The highest BCUT2D eigenvalue weighted by molar-refractivity contribution is 7.80. The fraction of sp³-hybridized carbons (Fsp3) is 1.00. The molecule has 1 aliphatic carbocycles. The van der Waals surface area contributed by atoms with Gasteiger partial charge in [-0.25, -0.2) is 4.21 Å². The Morgan fingerprint density at radius 3 is 3.00 bits per heavy atom. The van der Waals surface area contributed by atoms with Crippen LogP contribution in [-0.2, 0) is 15.3 Å². The maximum Gasteiger partial charge on any atom is 0.155 e. The SMILES string of the molecule is O=S1CC2CC2CO1. The van der Waals surface area contributed by atoms with Gasteiger partial charge in [-0.15, -0.1) is 0 Å². The maximum atomic E-state index is 10.6. The van der Waals surface area contributed by atoms with Gasteiger partial charge in [0.1, 0.15) is 0 Å². The highest BCUT2D eigenvalue weighted by Gasteiger charge is 2.42. The van der Waals surface area contributed by atoms with Gasteiger partial charge in [0.25, 0.3) is 0 Å². The molecule has 2 rings (SSSR count). The summed E-state index contributed by atoms with van der Waals surface area (Å²) in [5.74, 6) is 2.32. The van der Waals surface area contributed by atoms with E-state index in [9.17, 15) is 4.21 Å². The molecule has 1 heterocycles. The summed E-state index contributed by atoms with van der Waals surface area (Å²) in [5.41, 5.74) is 0. The van der Waals surface area contributed by atoms with Crippen LogP contribution in [0.15, 0.2) is 0 Å². The Morgan fingerprint density at radius 1 is 1.50 bits per heavy atom. The number of hydrogen-bond donors (Lipinski definition) is 0. The molecule has 0 N–H and O–H groups in total. The average Bonchev–Trinajstić information content (AvgIpc) is 2.43. The zero-order chi connectivity index (χ0) is 5.56. The van der Waals surface area contributed by atoms with Crippen molar-refractivity contribution in [1.82, 2.24) is 0 Å². The van der Waals surface area contributed by atoms with Crippen LogP contribution in [0, 0.1) is 11.8 Å². The Bertz CT molecular complexity index is 134. The smallest absolute Gasteiger partial charge is 0.155 e. The molecular formula is C5H8O2S. The van der Waals surface area contributed by atoms with Crippen LogP contribution in [-0.4, -0.2) is 16.6 Å². The second kappa shape index (κ2) is 1.54. The molecule has 3 atom stereocenters. The molecule has 0 aromatic rings. The first-order valence-electron chi connectivity index (χ1n) is 2.88. The van der Waals surface area contributed by atoms with Crippen LogP contribution >= 0.6 is 0 Å². The molecule has 0 aromatic carbocycles. The lowest BCUT2D eigenvalue weighted by Crippen LogP contribution is -2.13. The van der Waals surface area contributed by atoms with E-state index in [4.69, 9.17) is 4.18 Å². The fourth-order valence-corrected chi connectivity index (χ4v) is 2.29. The Kier molecular flexibility index (Phi) is 0.954. The van der Waals surface area contributed by atoms with E-state index in [0.717, 1.165) is 24.2 Å². The molecule has 0 aromatic heterocycles. The van der Waals surface area contributed by atoms with Crippen LogP contribution in [0.5, 0.6) is 0 Å². The fourth-order valence-electron chi connectivity index (χ4n) is 1.10. The van der Waals surface area contributed by atoms with E-state index in [0.29, 0.717) is 0 Å².